The number of carbonyl (C=O) groups is 1. The van der Waals surface area contributed by atoms with E-state index < -0.39 is 5.97 Å². The molecule has 0 aliphatic rings. The third-order valence-electron chi connectivity index (χ3n) is 1.99. The minimum Gasteiger partial charge on any atom is -0.477 e. The molecule has 5 nitrogen and oxygen atoms in total. The predicted octanol–water partition coefficient (Wildman–Crippen LogP) is 1.66. The fraction of sp³-hybridized carbons (Fsp3) is 0.545. The van der Waals surface area contributed by atoms with Gasteiger partial charge in [-0.1, -0.05) is 20.8 Å². The highest BCUT2D eigenvalue weighted by molar-refractivity contribution is 5.92. The number of nitrogens with zero attached hydrogens (tertiary/aromatic N) is 3. The lowest BCUT2D eigenvalue weighted by Crippen LogP contribution is -2.31. The van der Waals surface area contributed by atoms with Gasteiger partial charge in [-0.05, 0) is 5.41 Å². The number of hydrogen-bond donors (Lipinski definition) is 1. The molecule has 0 bridgehead atoms. The Labute approximate surface area is 95.1 Å². The smallest absolute Gasteiger partial charge is 0.341 e. The summed E-state index contributed by atoms with van der Waals surface area (Å²) in [5, 5.41) is 9.01. The molecule has 1 N–H and O–H groups in total. The molecule has 88 valence electrons. The van der Waals surface area contributed by atoms with Crippen molar-refractivity contribution in [3.8, 4) is 0 Å². The zero-order valence-electron chi connectivity index (χ0n) is 10.1. The van der Waals surface area contributed by atoms with Gasteiger partial charge in [0, 0.05) is 19.8 Å². The lowest BCUT2D eigenvalue weighted by atomic mass is 9.96. The van der Waals surface area contributed by atoms with Crippen LogP contribution in [0.5, 0.6) is 0 Å². The van der Waals surface area contributed by atoms with Crippen LogP contribution in [0.4, 0.5) is 5.82 Å². The maximum absolute atomic E-state index is 11.0. The van der Waals surface area contributed by atoms with Gasteiger partial charge in [-0.15, -0.1) is 0 Å². The SMILES string of the molecule is CN(CC(C)(C)C)c1ncncc1C(=O)O. The van der Waals surface area contributed by atoms with E-state index in [9.17, 15) is 4.79 Å². The number of aromatic nitrogens is 2. The van der Waals surface area contributed by atoms with Crippen molar-refractivity contribution in [2.24, 2.45) is 5.41 Å². The van der Waals surface area contributed by atoms with E-state index in [1.807, 2.05) is 11.9 Å². The molecular formula is C11H17N3O2. The molecule has 0 atom stereocenters. The summed E-state index contributed by atoms with van der Waals surface area (Å²) >= 11 is 0. The highest BCUT2D eigenvalue weighted by atomic mass is 16.4. The predicted molar refractivity (Wildman–Crippen MR) is 61.7 cm³/mol. The first-order valence-electron chi connectivity index (χ1n) is 5.06. The van der Waals surface area contributed by atoms with Crippen LogP contribution in [0.15, 0.2) is 12.5 Å². The average Bonchev–Trinajstić information content (AvgIpc) is 2.15. The third kappa shape index (κ3) is 3.18. The van der Waals surface area contributed by atoms with Gasteiger partial charge >= 0.3 is 5.97 Å². The first kappa shape index (κ1) is 12.4. The molecule has 16 heavy (non-hydrogen) atoms. The van der Waals surface area contributed by atoms with Crippen LogP contribution in [0.3, 0.4) is 0 Å². The molecule has 0 aliphatic heterocycles. The molecule has 1 aromatic heterocycles. The van der Waals surface area contributed by atoms with E-state index in [1.165, 1.54) is 12.5 Å². The molecule has 0 aliphatic carbocycles. The Morgan fingerprint density at radius 1 is 1.50 bits per heavy atom. The second kappa shape index (κ2) is 4.47. The Hall–Kier alpha value is -1.65. The summed E-state index contributed by atoms with van der Waals surface area (Å²) in [6.07, 6.45) is 2.69. The molecule has 1 heterocycles. The monoisotopic (exact) mass is 223 g/mol. The Morgan fingerprint density at radius 3 is 2.62 bits per heavy atom. The third-order valence-corrected chi connectivity index (χ3v) is 1.99. The average molecular weight is 223 g/mol. The van der Waals surface area contributed by atoms with Crippen LogP contribution in [0.25, 0.3) is 0 Å². The second-order valence-electron chi connectivity index (χ2n) is 4.98. The van der Waals surface area contributed by atoms with E-state index in [0.717, 1.165) is 6.54 Å². The molecule has 5 heteroatoms. The van der Waals surface area contributed by atoms with Crippen molar-refractivity contribution in [2.45, 2.75) is 20.8 Å². The second-order valence-corrected chi connectivity index (χ2v) is 4.98. The van der Waals surface area contributed by atoms with Gasteiger partial charge in [0.2, 0.25) is 0 Å². The van der Waals surface area contributed by atoms with E-state index in [0.29, 0.717) is 5.82 Å². The van der Waals surface area contributed by atoms with Crippen molar-refractivity contribution >= 4 is 11.8 Å². The van der Waals surface area contributed by atoms with Gasteiger partial charge in [0.25, 0.3) is 0 Å². The van der Waals surface area contributed by atoms with Crippen molar-refractivity contribution in [2.75, 3.05) is 18.5 Å². The summed E-state index contributed by atoms with van der Waals surface area (Å²) in [6.45, 7) is 6.99. The number of hydrogen-bond acceptors (Lipinski definition) is 4. The molecule has 0 amide bonds. The summed E-state index contributed by atoms with van der Waals surface area (Å²) in [5.41, 5.74) is 0.212. The Balaban J connectivity index is 2.99. The quantitative estimate of drug-likeness (QED) is 0.844. The number of anilines is 1. The zero-order chi connectivity index (χ0) is 12.3. The maximum atomic E-state index is 11.0. The van der Waals surface area contributed by atoms with Crippen LogP contribution >= 0.6 is 0 Å². The van der Waals surface area contributed by atoms with Crippen LogP contribution in [0.2, 0.25) is 0 Å². The van der Waals surface area contributed by atoms with Crippen LogP contribution < -0.4 is 4.90 Å². The number of carboxylic acids is 1. The Kier molecular flexibility index (Phi) is 3.47. The van der Waals surface area contributed by atoms with Crippen molar-refractivity contribution in [3.05, 3.63) is 18.1 Å². The number of rotatable bonds is 3. The first-order chi connectivity index (χ1) is 7.31. The molecule has 0 spiro atoms. The fourth-order valence-corrected chi connectivity index (χ4v) is 1.56. The van der Waals surface area contributed by atoms with E-state index in [1.54, 1.807) is 0 Å². The Morgan fingerprint density at radius 2 is 2.12 bits per heavy atom. The van der Waals surface area contributed by atoms with Gasteiger partial charge in [-0.2, -0.15) is 0 Å². The molecule has 0 aromatic carbocycles. The van der Waals surface area contributed by atoms with Gasteiger partial charge in [-0.25, -0.2) is 14.8 Å². The van der Waals surface area contributed by atoms with Crippen molar-refractivity contribution in [1.82, 2.24) is 9.97 Å². The van der Waals surface area contributed by atoms with E-state index in [-0.39, 0.29) is 11.0 Å². The number of aromatic carboxylic acids is 1. The normalized spacial score (nSPS) is 11.2. The standard InChI is InChI=1S/C11H17N3O2/c1-11(2,3)6-14(4)9-8(10(15)16)5-12-7-13-9/h5,7H,6H2,1-4H3,(H,15,16). The molecule has 0 saturated carbocycles. The summed E-state index contributed by atoms with van der Waals surface area (Å²) in [6, 6.07) is 0. The van der Waals surface area contributed by atoms with Gasteiger partial charge in [0.05, 0.1) is 0 Å². The van der Waals surface area contributed by atoms with Gasteiger partial charge in [0.1, 0.15) is 17.7 Å². The van der Waals surface area contributed by atoms with Crippen LogP contribution in [-0.4, -0.2) is 34.6 Å². The van der Waals surface area contributed by atoms with Gasteiger partial charge in [-0.3, -0.25) is 0 Å². The summed E-state index contributed by atoms with van der Waals surface area (Å²) < 4.78 is 0. The maximum Gasteiger partial charge on any atom is 0.341 e. The lowest BCUT2D eigenvalue weighted by Gasteiger charge is -2.27. The van der Waals surface area contributed by atoms with E-state index >= 15 is 0 Å². The number of carboxylic acid groups (broad SMARTS) is 1. The zero-order valence-corrected chi connectivity index (χ0v) is 10.1. The van der Waals surface area contributed by atoms with Gasteiger partial charge in [0.15, 0.2) is 0 Å². The molecule has 1 rings (SSSR count). The molecule has 0 fully saturated rings. The molecule has 0 radical (unpaired) electrons. The largest absolute Gasteiger partial charge is 0.477 e. The minimum absolute atomic E-state index is 0.0788. The summed E-state index contributed by atoms with van der Waals surface area (Å²) in [4.78, 5) is 20.6. The molecule has 0 saturated heterocycles. The first-order valence-corrected chi connectivity index (χ1v) is 5.06. The van der Waals surface area contributed by atoms with Crippen LogP contribution in [-0.2, 0) is 0 Å². The van der Waals surface area contributed by atoms with Crippen LogP contribution in [0, 0.1) is 5.41 Å². The summed E-state index contributed by atoms with van der Waals surface area (Å²) in [5.74, 6) is -0.547. The Bertz CT molecular complexity index is 385. The summed E-state index contributed by atoms with van der Waals surface area (Å²) in [7, 11) is 1.83. The fourth-order valence-electron chi connectivity index (χ4n) is 1.56. The van der Waals surface area contributed by atoms with Crippen LogP contribution in [0.1, 0.15) is 31.1 Å². The van der Waals surface area contributed by atoms with E-state index in [4.69, 9.17) is 5.11 Å². The highest BCUT2D eigenvalue weighted by Crippen LogP contribution is 2.20. The minimum atomic E-state index is -1.00. The molecule has 1 aromatic rings. The molecule has 0 unspecified atom stereocenters. The van der Waals surface area contributed by atoms with Crippen molar-refractivity contribution < 1.29 is 9.90 Å². The van der Waals surface area contributed by atoms with E-state index in [2.05, 4.69) is 30.7 Å². The lowest BCUT2D eigenvalue weighted by molar-refractivity contribution is 0.0696. The highest BCUT2D eigenvalue weighted by Gasteiger charge is 2.19. The molecular weight excluding hydrogens is 206 g/mol. The van der Waals surface area contributed by atoms with Crippen molar-refractivity contribution in [3.63, 3.8) is 0 Å². The van der Waals surface area contributed by atoms with Crippen molar-refractivity contribution in [1.29, 1.82) is 0 Å². The topological polar surface area (TPSA) is 66.3 Å². The van der Waals surface area contributed by atoms with Gasteiger partial charge < -0.3 is 10.0 Å².